The molecule has 0 fully saturated rings. The van der Waals surface area contributed by atoms with E-state index in [0.717, 1.165) is 6.07 Å². The number of hydrogen-bond acceptors (Lipinski definition) is 2. The maximum atomic E-state index is 12.8. The van der Waals surface area contributed by atoms with Crippen molar-refractivity contribution in [1.82, 2.24) is 0 Å². The van der Waals surface area contributed by atoms with Gasteiger partial charge in [0.25, 0.3) is 0 Å². The van der Waals surface area contributed by atoms with Crippen LogP contribution in [-0.4, -0.2) is 11.1 Å². The summed E-state index contributed by atoms with van der Waals surface area (Å²) in [6, 6.07) is 0.762. The fourth-order valence-electron chi connectivity index (χ4n) is 0.765. The number of hydrogen-bond donors (Lipinski definition) is 2. The van der Waals surface area contributed by atoms with E-state index < -0.39 is 28.9 Å². The Balaban J connectivity index is 3.50. The average molecular weight is 208 g/mol. The number of carbonyl (C=O) groups is 1. The summed E-state index contributed by atoms with van der Waals surface area (Å²) in [5, 5.41) is 8.08. The van der Waals surface area contributed by atoms with Crippen LogP contribution in [0.5, 0.6) is 0 Å². The van der Waals surface area contributed by atoms with E-state index in [1.165, 1.54) is 0 Å². The minimum absolute atomic E-state index is 0.323. The minimum atomic E-state index is -1.60. The van der Waals surface area contributed by atoms with Gasteiger partial charge in [0.2, 0.25) is 0 Å². The van der Waals surface area contributed by atoms with Crippen molar-refractivity contribution in [2.75, 3.05) is 5.73 Å². The number of rotatable bonds is 1. The largest absolute Gasteiger partial charge is 0.478 e. The maximum Gasteiger partial charge on any atom is 0.338 e. The van der Waals surface area contributed by atoms with Crippen molar-refractivity contribution in [3.63, 3.8) is 0 Å². The van der Waals surface area contributed by atoms with Crippen LogP contribution in [0.2, 0.25) is 5.02 Å². The third-order valence-corrected chi connectivity index (χ3v) is 1.74. The van der Waals surface area contributed by atoms with E-state index >= 15 is 0 Å². The highest BCUT2D eigenvalue weighted by atomic mass is 35.5. The van der Waals surface area contributed by atoms with Crippen LogP contribution in [-0.2, 0) is 0 Å². The third kappa shape index (κ3) is 1.55. The summed E-state index contributed by atoms with van der Waals surface area (Å²) in [5.74, 6) is -4.54. The molecule has 0 bridgehead atoms. The van der Waals surface area contributed by atoms with Gasteiger partial charge in [0.05, 0.1) is 16.3 Å². The van der Waals surface area contributed by atoms with Crippen LogP contribution in [0.25, 0.3) is 0 Å². The molecule has 0 saturated heterocycles. The summed E-state index contributed by atoms with van der Waals surface area (Å²) in [6.07, 6.45) is 0. The van der Waals surface area contributed by atoms with Crippen molar-refractivity contribution in [2.45, 2.75) is 0 Å². The zero-order valence-electron chi connectivity index (χ0n) is 6.14. The van der Waals surface area contributed by atoms with Crippen LogP contribution < -0.4 is 5.73 Å². The Bertz CT molecular complexity index is 381. The van der Waals surface area contributed by atoms with Gasteiger partial charge in [-0.2, -0.15) is 0 Å². The molecule has 6 heteroatoms. The fraction of sp³-hybridized carbons (Fsp3) is 0. The van der Waals surface area contributed by atoms with Crippen molar-refractivity contribution < 1.29 is 18.7 Å². The molecule has 1 aromatic rings. The van der Waals surface area contributed by atoms with E-state index in [1.54, 1.807) is 0 Å². The molecule has 0 aliphatic carbocycles. The van der Waals surface area contributed by atoms with Gasteiger partial charge in [-0.3, -0.25) is 0 Å². The fourth-order valence-corrected chi connectivity index (χ4v) is 0.957. The summed E-state index contributed by atoms with van der Waals surface area (Å²) in [5.41, 5.74) is 3.58. The summed E-state index contributed by atoms with van der Waals surface area (Å²) >= 11 is 5.34. The summed E-state index contributed by atoms with van der Waals surface area (Å²) in [4.78, 5) is 10.3. The van der Waals surface area contributed by atoms with Crippen molar-refractivity contribution in [2.24, 2.45) is 0 Å². The van der Waals surface area contributed by atoms with Crippen LogP contribution in [0.4, 0.5) is 14.5 Å². The molecule has 0 saturated carbocycles. The van der Waals surface area contributed by atoms with Gasteiger partial charge in [-0.1, -0.05) is 11.6 Å². The molecule has 0 radical (unpaired) electrons. The van der Waals surface area contributed by atoms with Crippen LogP contribution in [0.1, 0.15) is 10.4 Å². The molecule has 0 spiro atoms. The second-order valence-electron chi connectivity index (χ2n) is 2.25. The Hall–Kier alpha value is -1.36. The van der Waals surface area contributed by atoms with Crippen LogP contribution >= 0.6 is 11.6 Å². The summed E-state index contributed by atoms with van der Waals surface area (Å²) in [6.45, 7) is 0. The maximum absolute atomic E-state index is 12.8. The lowest BCUT2D eigenvalue weighted by molar-refractivity contribution is 0.0691. The molecule has 13 heavy (non-hydrogen) atoms. The van der Waals surface area contributed by atoms with Gasteiger partial charge >= 0.3 is 5.97 Å². The molecule has 3 N–H and O–H groups in total. The van der Waals surface area contributed by atoms with Crippen molar-refractivity contribution in [3.05, 3.63) is 28.3 Å². The lowest BCUT2D eigenvalue weighted by Gasteiger charge is -2.03. The third-order valence-electron chi connectivity index (χ3n) is 1.42. The molecule has 0 aliphatic rings. The van der Waals surface area contributed by atoms with E-state index in [1.807, 2.05) is 0 Å². The standard InChI is InChI=1S/C7H4ClF2NO2/c8-3-1-2(7(12)13)4(9)5(10)6(3)11/h1H,11H2,(H,12,13). The van der Waals surface area contributed by atoms with E-state index in [9.17, 15) is 13.6 Å². The number of carboxylic acid groups (broad SMARTS) is 1. The number of benzene rings is 1. The molecule has 0 aliphatic heterocycles. The molecule has 0 heterocycles. The Kier molecular flexibility index (Phi) is 2.38. The highest BCUT2D eigenvalue weighted by Gasteiger charge is 2.19. The number of nitrogen functional groups attached to an aromatic ring is 1. The monoisotopic (exact) mass is 207 g/mol. The van der Waals surface area contributed by atoms with Gasteiger partial charge in [-0.25, -0.2) is 13.6 Å². The number of carboxylic acids is 1. The Morgan fingerprint density at radius 2 is 2.00 bits per heavy atom. The zero-order valence-corrected chi connectivity index (χ0v) is 6.90. The molecule has 1 rings (SSSR count). The SMILES string of the molecule is Nc1c(Cl)cc(C(=O)O)c(F)c1F. The lowest BCUT2D eigenvalue weighted by atomic mass is 10.2. The van der Waals surface area contributed by atoms with E-state index in [-0.39, 0.29) is 5.02 Å². The summed E-state index contributed by atoms with van der Waals surface area (Å²) in [7, 11) is 0. The first-order valence-corrected chi connectivity index (χ1v) is 3.49. The van der Waals surface area contributed by atoms with Gasteiger partial charge in [-0.15, -0.1) is 0 Å². The van der Waals surface area contributed by atoms with Crippen molar-refractivity contribution in [3.8, 4) is 0 Å². The van der Waals surface area contributed by atoms with Gasteiger partial charge in [0.15, 0.2) is 11.6 Å². The molecule has 1 aromatic carbocycles. The van der Waals surface area contributed by atoms with E-state index in [2.05, 4.69) is 0 Å². The van der Waals surface area contributed by atoms with Crippen LogP contribution in [0, 0.1) is 11.6 Å². The van der Waals surface area contributed by atoms with Gasteiger partial charge in [-0.05, 0) is 6.07 Å². The second kappa shape index (κ2) is 3.18. The quantitative estimate of drug-likeness (QED) is 0.546. The highest BCUT2D eigenvalue weighted by molar-refractivity contribution is 6.33. The predicted octanol–water partition coefficient (Wildman–Crippen LogP) is 1.90. The molecular weight excluding hydrogens is 204 g/mol. The first-order valence-electron chi connectivity index (χ1n) is 3.11. The van der Waals surface area contributed by atoms with Crippen molar-refractivity contribution >= 4 is 23.3 Å². The molecular formula is C7H4ClF2NO2. The Morgan fingerprint density at radius 3 is 2.46 bits per heavy atom. The van der Waals surface area contributed by atoms with Crippen LogP contribution in [0.3, 0.4) is 0 Å². The van der Waals surface area contributed by atoms with Gasteiger partial charge in [0.1, 0.15) is 0 Å². The second-order valence-corrected chi connectivity index (χ2v) is 2.66. The number of halogens is 3. The number of nitrogens with two attached hydrogens (primary N) is 1. The normalized spacial score (nSPS) is 10.1. The van der Waals surface area contributed by atoms with Gasteiger partial charge in [0, 0.05) is 0 Å². The average Bonchev–Trinajstić information content (AvgIpc) is 2.07. The lowest BCUT2D eigenvalue weighted by Crippen LogP contribution is -2.05. The topological polar surface area (TPSA) is 63.3 Å². The number of anilines is 1. The molecule has 3 nitrogen and oxygen atoms in total. The first kappa shape index (κ1) is 9.73. The van der Waals surface area contributed by atoms with E-state index in [0.29, 0.717) is 0 Å². The Labute approximate surface area is 76.7 Å². The van der Waals surface area contributed by atoms with Crippen molar-refractivity contribution in [1.29, 1.82) is 0 Å². The van der Waals surface area contributed by atoms with Crippen LogP contribution in [0.15, 0.2) is 6.07 Å². The first-order chi connectivity index (χ1) is 5.95. The highest BCUT2D eigenvalue weighted by Crippen LogP contribution is 2.26. The molecule has 0 amide bonds. The smallest absolute Gasteiger partial charge is 0.338 e. The zero-order chi connectivity index (χ0) is 10.2. The Morgan fingerprint density at radius 1 is 1.46 bits per heavy atom. The predicted molar refractivity (Wildman–Crippen MR) is 42.7 cm³/mol. The molecule has 0 aromatic heterocycles. The minimum Gasteiger partial charge on any atom is -0.478 e. The molecule has 0 atom stereocenters. The van der Waals surface area contributed by atoms with Gasteiger partial charge < -0.3 is 10.8 Å². The summed E-state index contributed by atoms with van der Waals surface area (Å²) < 4.78 is 25.6. The molecule has 0 unspecified atom stereocenters. The molecule has 70 valence electrons. The van der Waals surface area contributed by atoms with E-state index in [4.69, 9.17) is 22.4 Å². The number of aromatic carboxylic acids is 1.